The van der Waals surface area contributed by atoms with Crippen LogP contribution in [0.5, 0.6) is 5.75 Å². The van der Waals surface area contributed by atoms with E-state index in [-0.39, 0.29) is 18.6 Å². The van der Waals surface area contributed by atoms with Crippen molar-refractivity contribution >= 4 is 23.2 Å². The SMILES string of the molecule is COCC(C)NC(=O)COc1cc(N)ccc1Cl. The summed E-state index contributed by atoms with van der Waals surface area (Å²) in [6.07, 6.45) is 0. The molecule has 0 saturated carbocycles. The van der Waals surface area contributed by atoms with Gasteiger partial charge in [0, 0.05) is 24.9 Å². The van der Waals surface area contributed by atoms with Crippen molar-refractivity contribution in [2.24, 2.45) is 0 Å². The standard InChI is InChI=1S/C12H17ClN2O3/c1-8(6-17-2)15-12(16)7-18-11-5-9(14)3-4-10(11)13/h3-5,8H,6-7,14H2,1-2H3,(H,15,16). The number of carbonyl (C=O) groups is 1. The number of rotatable bonds is 6. The van der Waals surface area contributed by atoms with E-state index >= 15 is 0 Å². The Kier molecular flexibility index (Phi) is 5.74. The molecule has 0 radical (unpaired) electrons. The molecule has 1 aromatic carbocycles. The Morgan fingerprint density at radius 2 is 2.28 bits per heavy atom. The summed E-state index contributed by atoms with van der Waals surface area (Å²) < 4.78 is 10.2. The van der Waals surface area contributed by atoms with Crippen LogP contribution in [0, 0.1) is 0 Å². The molecule has 100 valence electrons. The lowest BCUT2D eigenvalue weighted by molar-refractivity contribution is -0.124. The van der Waals surface area contributed by atoms with E-state index in [0.717, 1.165) is 0 Å². The van der Waals surface area contributed by atoms with Gasteiger partial charge in [-0.3, -0.25) is 4.79 Å². The topological polar surface area (TPSA) is 73.6 Å². The molecule has 0 saturated heterocycles. The summed E-state index contributed by atoms with van der Waals surface area (Å²) in [7, 11) is 1.58. The zero-order valence-corrected chi connectivity index (χ0v) is 11.2. The fraction of sp³-hybridized carbons (Fsp3) is 0.417. The van der Waals surface area contributed by atoms with Crippen LogP contribution in [0.3, 0.4) is 0 Å². The Balaban J connectivity index is 2.45. The summed E-state index contributed by atoms with van der Waals surface area (Å²) in [5, 5.41) is 3.14. The molecule has 1 amide bonds. The molecule has 0 bridgehead atoms. The van der Waals surface area contributed by atoms with Gasteiger partial charge >= 0.3 is 0 Å². The van der Waals surface area contributed by atoms with Gasteiger partial charge in [0.2, 0.25) is 0 Å². The van der Waals surface area contributed by atoms with Gasteiger partial charge in [0.25, 0.3) is 5.91 Å². The maximum atomic E-state index is 11.5. The molecule has 0 spiro atoms. The number of halogens is 1. The van der Waals surface area contributed by atoms with Crippen molar-refractivity contribution < 1.29 is 14.3 Å². The van der Waals surface area contributed by atoms with Gasteiger partial charge in [-0.1, -0.05) is 11.6 Å². The van der Waals surface area contributed by atoms with Crippen molar-refractivity contribution in [1.82, 2.24) is 5.32 Å². The number of amides is 1. The van der Waals surface area contributed by atoms with Gasteiger partial charge in [-0.15, -0.1) is 0 Å². The predicted molar refractivity (Wildman–Crippen MR) is 70.8 cm³/mol. The molecular formula is C12H17ClN2O3. The van der Waals surface area contributed by atoms with Gasteiger partial charge in [-0.25, -0.2) is 0 Å². The largest absolute Gasteiger partial charge is 0.482 e. The van der Waals surface area contributed by atoms with Gasteiger partial charge in [-0.05, 0) is 19.1 Å². The highest BCUT2D eigenvalue weighted by Gasteiger charge is 2.09. The normalized spacial score (nSPS) is 11.9. The van der Waals surface area contributed by atoms with E-state index in [1.807, 2.05) is 6.92 Å². The predicted octanol–water partition coefficient (Wildman–Crippen LogP) is 1.45. The second-order valence-electron chi connectivity index (χ2n) is 3.90. The lowest BCUT2D eigenvalue weighted by atomic mass is 10.3. The average molecular weight is 273 g/mol. The van der Waals surface area contributed by atoms with Crippen molar-refractivity contribution in [3.8, 4) is 5.75 Å². The van der Waals surface area contributed by atoms with Crippen LogP contribution in [-0.2, 0) is 9.53 Å². The molecule has 1 rings (SSSR count). The molecule has 0 aromatic heterocycles. The highest BCUT2D eigenvalue weighted by atomic mass is 35.5. The number of methoxy groups -OCH3 is 1. The summed E-state index contributed by atoms with van der Waals surface area (Å²) in [6.45, 7) is 2.18. The number of hydrogen-bond acceptors (Lipinski definition) is 4. The smallest absolute Gasteiger partial charge is 0.258 e. The molecule has 5 nitrogen and oxygen atoms in total. The van der Waals surface area contributed by atoms with Crippen molar-refractivity contribution in [3.05, 3.63) is 23.2 Å². The van der Waals surface area contributed by atoms with Gasteiger partial charge in [0.1, 0.15) is 5.75 Å². The van der Waals surface area contributed by atoms with E-state index < -0.39 is 0 Å². The highest BCUT2D eigenvalue weighted by Crippen LogP contribution is 2.26. The monoisotopic (exact) mass is 272 g/mol. The van der Waals surface area contributed by atoms with Gasteiger partial charge in [0.15, 0.2) is 6.61 Å². The molecule has 0 aliphatic heterocycles. The lowest BCUT2D eigenvalue weighted by Crippen LogP contribution is -2.38. The van der Waals surface area contributed by atoms with E-state index in [4.69, 9.17) is 26.8 Å². The van der Waals surface area contributed by atoms with E-state index in [2.05, 4.69) is 5.32 Å². The molecule has 1 unspecified atom stereocenters. The molecule has 0 fully saturated rings. The first-order chi connectivity index (χ1) is 8.52. The van der Waals surface area contributed by atoms with Crippen LogP contribution in [-0.4, -0.2) is 32.3 Å². The molecule has 1 atom stereocenters. The Bertz CT molecular complexity index is 412. The van der Waals surface area contributed by atoms with Crippen LogP contribution >= 0.6 is 11.6 Å². The maximum absolute atomic E-state index is 11.5. The van der Waals surface area contributed by atoms with E-state index in [0.29, 0.717) is 23.1 Å². The van der Waals surface area contributed by atoms with Crippen LogP contribution in [0.2, 0.25) is 5.02 Å². The first-order valence-corrected chi connectivity index (χ1v) is 5.87. The summed E-state index contributed by atoms with van der Waals surface area (Å²) in [6, 6.07) is 4.80. The van der Waals surface area contributed by atoms with E-state index in [9.17, 15) is 4.79 Å². The van der Waals surface area contributed by atoms with Gasteiger partial charge in [-0.2, -0.15) is 0 Å². The number of benzene rings is 1. The van der Waals surface area contributed by atoms with Gasteiger partial charge in [0.05, 0.1) is 11.6 Å². The van der Waals surface area contributed by atoms with Crippen molar-refractivity contribution in [3.63, 3.8) is 0 Å². The third kappa shape index (κ3) is 4.81. The van der Waals surface area contributed by atoms with Crippen LogP contribution in [0.1, 0.15) is 6.92 Å². The summed E-state index contributed by atoms with van der Waals surface area (Å²) in [5.74, 6) is 0.157. The molecule has 18 heavy (non-hydrogen) atoms. The molecular weight excluding hydrogens is 256 g/mol. The number of nitrogen functional groups attached to an aromatic ring is 1. The lowest BCUT2D eigenvalue weighted by Gasteiger charge is -2.13. The quantitative estimate of drug-likeness (QED) is 0.769. The number of ether oxygens (including phenoxy) is 2. The van der Waals surface area contributed by atoms with Gasteiger partial charge < -0.3 is 20.5 Å². The van der Waals surface area contributed by atoms with Crippen molar-refractivity contribution in [2.75, 3.05) is 26.1 Å². The highest BCUT2D eigenvalue weighted by molar-refractivity contribution is 6.32. The fourth-order valence-electron chi connectivity index (χ4n) is 1.38. The van der Waals surface area contributed by atoms with Crippen molar-refractivity contribution in [2.45, 2.75) is 13.0 Å². The van der Waals surface area contributed by atoms with Crippen LogP contribution in [0.25, 0.3) is 0 Å². The summed E-state index contributed by atoms with van der Waals surface area (Å²) in [4.78, 5) is 11.5. The first kappa shape index (κ1) is 14.6. The number of nitrogens with two attached hydrogens (primary N) is 1. The number of carbonyl (C=O) groups excluding carboxylic acids is 1. The number of hydrogen-bond donors (Lipinski definition) is 2. The average Bonchev–Trinajstić information content (AvgIpc) is 2.30. The number of anilines is 1. The van der Waals surface area contributed by atoms with E-state index in [1.165, 1.54) is 0 Å². The Morgan fingerprint density at radius 3 is 2.94 bits per heavy atom. The van der Waals surface area contributed by atoms with Crippen LogP contribution < -0.4 is 15.8 Å². The molecule has 0 heterocycles. The minimum absolute atomic E-state index is 0.0672. The van der Waals surface area contributed by atoms with Crippen LogP contribution in [0.4, 0.5) is 5.69 Å². The van der Waals surface area contributed by atoms with E-state index in [1.54, 1.807) is 25.3 Å². The second-order valence-corrected chi connectivity index (χ2v) is 4.31. The summed E-state index contributed by atoms with van der Waals surface area (Å²) >= 11 is 5.90. The third-order valence-electron chi connectivity index (χ3n) is 2.14. The first-order valence-electron chi connectivity index (χ1n) is 5.49. The second kappa shape index (κ2) is 7.08. The fourth-order valence-corrected chi connectivity index (χ4v) is 1.55. The molecule has 0 aliphatic rings. The maximum Gasteiger partial charge on any atom is 0.258 e. The Hall–Kier alpha value is -1.46. The third-order valence-corrected chi connectivity index (χ3v) is 2.45. The minimum atomic E-state index is -0.238. The molecule has 1 aromatic rings. The number of nitrogens with one attached hydrogen (secondary N) is 1. The minimum Gasteiger partial charge on any atom is -0.482 e. The Morgan fingerprint density at radius 1 is 1.56 bits per heavy atom. The zero-order chi connectivity index (χ0) is 13.5. The zero-order valence-electron chi connectivity index (χ0n) is 10.4. The molecule has 0 aliphatic carbocycles. The Labute approximate surface area is 111 Å². The molecule has 3 N–H and O–H groups in total. The molecule has 6 heteroatoms. The summed E-state index contributed by atoms with van der Waals surface area (Å²) in [5.41, 5.74) is 6.13. The van der Waals surface area contributed by atoms with Crippen molar-refractivity contribution in [1.29, 1.82) is 0 Å². The van der Waals surface area contributed by atoms with Crippen LogP contribution in [0.15, 0.2) is 18.2 Å².